The van der Waals surface area contributed by atoms with E-state index in [1.54, 1.807) is 4.90 Å². The average Bonchev–Trinajstić information content (AvgIpc) is 2.57. The second-order valence-corrected chi connectivity index (χ2v) is 4.72. The van der Waals surface area contributed by atoms with Crippen LogP contribution in [0.15, 0.2) is 0 Å². The molecule has 0 aromatic carbocycles. The summed E-state index contributed by atoms with van der Waals surface area (Å²) in [5.74, 6) is 0.136. The fraction of sp³-hybridized carbons (Fsp3) is 0.917. The first-order valence-corrected chi connectivity index (χ1v) is 6.13. The third-order valence-electron chi connectivity index (χ3n) is 2.80. The fourth-order valence-electron chi connectivity index (χ4n) is 2.02. The lowest BCUT2D eigenvalue weighted by Gasteiger charge is -2.25. The Morgan fingerprint density at radius 2 is 2.25 bits per heavy atom. The Morgan fingerprint density at radius 1 is 1.56 bits per heavy atom. The van der Waals surface area contributed by atoms with Crippen molar-refractivity contribution in [3.8, 4) is 0 Å². The minimum Gasteiger partial charge on any atom is -0.391 e. The lowest BCUT2D eigenvalue weighted by molar-refractivity contribution is -0.133. The van der Waals surface area contributed by atoms with Gasteiger partial charge in [-0.15, -0.1) is 0 Å². The molecule has 1 rings (SSSR count). The lowest BCUT2D eigenvalue weighted by Crippen LogP contribution is -2.38. The van der Waals surface area contributed by atoms with Gasteiger partial charge in [0.15, 0.2) is 0 Å². The van der Waals surface area contributed by atoms with Gasteiger partial charge < -0.3 is 14.7 Å². The molecule has 0 aromatic rings. The van der Waals surface area contributed by atoms with Gasteiger partial charge in [0, 0.05) is 13.0 Å². The number of ether oxygens (including phenoxy) is 1. The molecule has 0 spiro atoms. The zero-order valence-electron chi connectivity index (χ0n) is 10.5. The fourth-order valence-corrected chi connectivity index (χ4v) is 2.02. The van der Waals surface area contributed by atoms with Gasteiger partial charge in [-0.25, -0.2) is 0 Å². The number of hydrogen-bond acceptors (Lipinski definition) is 3. The molecule has 16 heavy (non-hydrogen) atoms. The van der Waals surface area contributed by atoms with Crippen LogP contribution in [0, 0.1) is 0 Å². The second-order valence-electron chi connectivity index (χ2n) is 4.72. The zero-order valence-corrected chi connectivity index (χ0v) is 10.5. The Labute approximate surface area is 97.6 Å². The number of aliphatic hydroxyl groups excluding tert-OH is 1. The highest BCUT2D eigenvalue weighted by molar-refractivity contribution is 5.76. The molecular formula is C12H23NO3. The average molecular weight is 229 g/mol. The molecule has 1 aliphatic heterocycles. The molecule has 4 nitrogen and oxygen atoms in total. The lowest BCUT2D eigenvalue weighted by atomic mass is 10.2. The number of amides is 1. The molecule has 1 aliphatic rings. The summed E-state index contributed by atoms with van der Waals surface area (Å²) >= 11 is 0. The molecule has 1 N–H and O–H groups in total. The van der Waals surface area contributed by atoms with Gasteiger partial charge in [-0.1, -0.05) is 6.92 Å². The van der Waals surface area contributed by atoms with E-state index in [2.05, 4.69) is 0 Å². The van der Waals surface area contributed by atoms with Crippen LogP contribution in [0.2, 0.25) is 0 Å². The molecular weight excluding hydrogens is 206 g/mol. The molecule has 1 amide bonds. The van der Waals surface area contributed by atoms with E-state index >= 15 is 0 Å². The number of likely N-dealkylation sites (tertiary alicyclic amines) is 1. The summed E-state index contributed by atoms with van der Waals surface area (Å²) in [6.45, 7) is 6.94. The first kappa shape index (κ1) is 13.5. The maximum absolute atomic E-state index is 11.8. The summed E-state index contributed by atoms with van der Waals surface area (Å²) < 4.78 is 5.53. The summed E-state index contributed by atoms with van der Waals surface area (Å²) in [6, 6.07) is 0.0523. The van der Waals surface area contributed by atoms with Crippen LogP contribution in [0.25, 0.3) is 0 Å². The van der Waals surface area contributed by atoms with Crippen molar-refractivity contribution in [1.82, 2.24) is 4.90 Å². The normalized spacial score (nSPS) is 25.4. The Hall–Kier alpha value is -0.610. The van der Waals surface area contributed by atoms with E-state index in [4.69, 9.17) is 4.74 Å². The summed E-state index contributed by atoms with van der Waals surface area (Å²) in [7, 11) is 0. The number of β-amino-alcohol motifs (C(OH)–C–C–N with tert-alkyl or cyclic N) is 1. The first-order valence-electron chi connectivity index (χ1n) is 6.13. The van der Waals surface area contributed by atoms with Crippen molar-refractivity contribution in [3.63, 3.8) is 0 Å². The third kappa shape index (κ3) is 3.76. The molecule has 4 heteroatoms. The Morgan fingerprint density at radius 3 is 2.81 bits per heavy atom. The van der Waals surface area contributed by atoms with Crippen LogP contribution in [-0.2, 0) is 9.53 Å². The number of rotatable bonds is 5. The predicted octanol–water partition coefficient (Wildman–Crippen LogP) is 1.17. The van der Waals surface area contributed by atoms with Gasteiger partial charge in [0.2, 0.25) is 5.91 Å². The maximum atomic E-state index is 11.8. The van der Waals surface area contributed by atoms with Crippen molar-refractivity contribution in [2.24, 2.45) is 0 Å². The molecule has 1 saturated heterocycles. The molecule has 0 radical (unpaired) electrons. The van der Waals surface area contributed by atoms with Crippen LogP contribution in [-0.4, -0.2) is 47.3 Å². The van der Waals surface area contributed by atoms with Crippen molar-refractivity contribution in [3.05, 3.63) is 0 Å². The molecule has 94 valence electrons. The van der Waals surface area contributed by atoms with Gasteiger partial charge in [-0.3, -0.25) is 4.79 Å². The first-order chi connectivity index (χ1) is 7.54. The monoisotopic (exact) mass is 229 g/mol. The van der Waals surface area contributed by atoms with Crippen molar-refractivity contribution < 1.29 is 14.6 Å². The number of carbonyl (C=O) groups is 1. The maximum Gasteiger partial charge on any atom is 0.222 e. The van der Waals surface area contributed by atoms with Crippen LogP contribution in [0.5, 0.6) is 0 Å². The Balaban J connectivity index is 2.49. The SMILES string of the molecule is CCCC(=O)N1C[C@H](O)C[C@H]1COC(C)C. The van der Waals surface area contributed by atoms with Crippen LogP contribution >= 0.6 is 0 Å². The molecule has 0 unspecified atom stereocenters. The van der Waals surface area contributed by atoms with Gasteiger partial charge in [0.25, 0.3) is 0 Å². The van der Waals surface area contributed by atoms with Gasteiger partial charge >= 0.3 is 0 Å². The minimum atomic E-state index is -0.387. The standard InChI is InChI=1S/C12H23NO3/c1-4-5-12(15)13-7-11(14)6-10(13)8-16-9(2)3/h9-11,14H,4-8H2,1-3H3/t10-,11+/m0/s1. The van der Waals surface area contributed by atoms with E-state index in [1.165, 1.54) is 0 Å². The smallest absolute Gasteiger partial charge is 0.222 e. The molecule has 0 aliphatic carbocycles. The van der Waals surface area contributed by atoms with Crippen molar-refractivity contribution >= 4 is 5.91 Å². The van der Waals surface area contributed by atoms with E-state index in [0.717, 1.165) is 6.42 Å². The Bertz CT molecular complexity index is 230. The summed E-state index contributed by atoms with van der Waals surface area (Å²) in [6.07, 6.45) is 1.83. The van der Waals surface area contributed by atoms with Crippen LogP contribution in [0.4, 0.5) is 0 Å². The molecule has 1 fully saturated rings. The molecule has 1 heterocycles. The minimum absolute atomic E-state index is 0.0523. The Kier molecular flexibility index (Phi) is 5.22. The highest BCUT2D eigenvalue weighted by atomic mass is 16.5. The summed E-state index contributed by atoms with van der Waals surface area (Å²) in [4.78, 5) is 13.6. The van der Waals surface area contributed by atoms with Gasteiger partial charge in [-0.2, -0.15) is 0 Å². The van der Waals surface area contributed by atoms with E-state index in [1.807, 2.05) is 20.8 Å². The second kappa shape index (κ2) is 6.21. The van der Waals surface area contributed by atoms with Gasteiger partial charge in [0.1, 0.15) is 0 Å². The highest BCUT2D eigenvalue weighted by Gasteiger charge is 2.33. The molecule has 0 saturated carbocycles. The van der Waals surface area contributed by atoms with Crippen LogP contribution in [0.1, 0.15) is 40.0 Å². The van der Waals surface area contributed by atoms with Crippen molar-refractivity contribution in [2.75, 3.05) is 13.2 Å². The summed E-state index contributed by atoms with van der Waals surface area (Å²) in [5.41, 5.74) is 0. The largest absolute Gasteiger partial charge is 0.391 e. The van der Waals surface area contributed by atoms with Crippen LogP contribution < -0.4 is 0 Å². The quantitative estimate of drug-likeness (QED) is 0.770. The van der Waals surface area contributed by atoms with Gasteiger partial charge in [0.05, 0.1) is 24.9 Å². The number of hydrogen-bond donors (Lipinski definition) is 1. The van der Waals surface area contributed by atoms with Gasteiger partial charge in [-0.05, 0) is 26.7 Å². The van der Waals surface area contributed by atoms with Crippen molar-refractivity contribution in [2.45, 2.75) is 58.3 Å². The predicted molar refractivity (Wildman–Crippen MR) is 62.1 cm³/mol. The molecule has 2 atom stereocenters. The molecule has 0 bridgehead atoms. The third-order valence-corrected chi connectivity index (χ3v) is 2.80. The molecule has 0 aromatic heterocycles. The van der Waals surface area contributed by atoms with E-state index in [-0.39, 0.29) is 24.2 Å². The zero-order chi connectivity index (χ0) is 12.1. The van der Waals surface area contributed by atoms with E-state index < -0.39 is 0 Å². The topological polar surface area (TPSA) is 49.8 Å². The van der Waals surface area contributed by atoms with E-state index in [0.29, 0.717) is 26.0 Å². The highest BCUT2D eigenvalue weighted by Crippen LogP contribution is 2.20. The summed E-state index contributed by atoms with van der Waals surface area (Å²) in [5, 5.41) is 9.60. The van der Waals surface area contributed by atoms with Crippen LogP contribution in [0.3, 0.4) is 0 Å². The van der Waals surface area contributed by atoms with Crippen molar-refractivity contribution in [1.29, 1.82) is 0 Å². The number of nitrogens with zero attached hydrogens (tertiary/aromatic N) is 1. The number of aliphatic hydroxyl groups is 1. The van der Waals surface area contributed by atoms with E-state index in [9.17, 15) is 9.90 Å². The number of carbonyl (C=O) groups excluding carboxylic acids is 1.